The molecule has 1 heteroatoms. The third-order valence-electron chi connectivity index (χ3n) is 12.9. The molecule has 3 aliphatic carbocycles. The van der Waals surface area contributed by atoms with Crippen molar-refractivity contribution in [2.45, 2.75) is 57.8 Å². The number of fused-ring (bicyclic) bond motifs is 6. The van der Waals surface area contributed by atoms with E-state index >= 15 is 0 Å². The first kappa shape index (κ1) is 31.3. The predicted molar refractivity (Wildman–Crippen MR) is 220 cm³/mol. The van der Waals surface area contributed by atoms with Gasteiger partial charge in [0, 0.05) is 22.4 Å². The molecule has 10 rings (SSSR count). The highest BCUT2D eigenvalue weighted by molar-refractivity contribution is 5.99. The number of hydrogen-bond donors (Lipinski definition) is 0. The van der Waals surface area contributed by atoms with Crippen LogP contribution >= 0.6 is 0 Å². The van der Waals surface area contributed by atoms with E-state index < -0.39 is 0 Å². The van der Waals surface area contributed by atoms with E-state index in [0.29, 0.717) is 0 Å². The summed E-state index contributed by atoms with van der Waals surface area (Å²) < 4.78 is 0. The van der Waals surface area contributed by atoms with Crippen LogP contribution in [0.4, 0.5) is 17.1 Å². The average molecular weight is 672 g/mol. The smallest absolute Gasteiger partial charge is 0.0546 e. The van der Waals surface area contributed by atoms with E-state index in [2.05, 4.69) is 177 Å². The lowest BCUT2D eigenvalue weighted by molar-refractivity contribution is 0.420. The Balaban J connectivity index is 1.11. The van der Waals surface area contributed by atoms with Crippen LogP contribution in [0.25, 0.3) is 44.2 Å². The summed E-state index contributed by atoms with van der Waals surface area (Å²) in [5.74, 6) is 2.63. The SMILES string of the molecule is Cc1cccc2c1-c1ccc(N(c3ccc(-c4ccc(C5CC6CCC5C6)cc4)cc3)c3cc4ccccc4cc3-c3ccccc3)cc1C2(C)C. The first-order valence-electron chi connectivity index (χ1n) is 19.3. The van der Waals surface area contributed by atoms with Gasteiger partial charge in [-0.1, -0.05) is 136 Å². The van der Waals surface area contributed by atoms with Crippen molar-refractivity contribution in [1.29, 1.82) is 0 Å². The fraction of sp³-hybridized carbons (Fsp3) is 0.216. The van der Waals surface area contributed by atoms with Crippen LogP contribution in [0.3, 0.4) is 0 Å². The zero-order valence-electron chi connectivity index (χ0n) is 30.4. The molecule has 1 nitrogen and oxygen atoms in total. The van der Waals surface area contributed by atoms with Crippen LogP contribution in [-0.2, 0) is 5.41 Å². The molecule has 0 amide bonds. The van der Waals surface area contributed by atoms with Gasteiger partial charge in [0.1, 0.15) is 0 Å². The van der Waals surface area contributed by atoms with E-state index in [4.69, 9.17) is 0 Å². The lowest BCUT2D eigenvalue weighted by Crippen LogP contribution is -2.17. The topological polar surface area (TPSA) is 3.24 Å². The molecule has 3 unspecified atom stereocenters. The third-order valence-corrected chi connectivity index (χ3v) is 12.9. The molecule has 0 N–H and O–H groups in total. The Kier molecular flexibility index (Phi) is 7.29. The second kappa shape index (κ2) is 12.1. The number of nitrogens with zero attached hydrogens (tertiary/aromatic N) is 1. The molecule has 0 saturated heterocycles. The standard InChI is InChI=1S/C51H45N/c1-33-10-9-15-47-50(33)44-27-26-43(32-48(44)51(47,2)3)52(49-31-40-14-8-7-13-39(40)30-46(49)37-11-5-4-6-12-37)42-24-22-36(23-25-42)35-18-20-38(21-19-35)45-29-34-16-17-41(45)28-34/h4-15,18-27,30-32,34,41,45H,16-17,28-29H2,1-3H3. The molecule has 0 spiro atoms. The van der Waals surface area contributed by atoms with Crippen molar-refractivity contribution < 1.29 is 0 Å². The Morgan fingerprint density at radius 1 is 0.538 bits per heavy atom. The van der Waals surface area contributed by atoms with Gasteiger partial charge in [-0.2, -0.15) is 0 Å². The molecule has 2 saturated carbocycles. The molecule has 7 aromatic carbocycles. The summed E-state index contributed by atoms with van der Waals surface area (Å²) in [6.07, 6.45) is 5.71. The molecule has 0 aromatic heterocycles. The Morgan fingerprint density at radius 2 is 1.23 bits per heavy atom. The van der Waals surface area contributed by atoms with Gasteiger partial charge in [-0.3, -0.25) is 0 Å². The van der Waals surface area contributed by atoms with E-state index in [9.17, 15) is 0 Å². The van der Waals surface area contributed by atoms with Crippen molar-refractivity contribution in [3.63, 3.8) is 0 Å². The zero-order valence-corrected chi connectivity index (χ0v) is 30.4. The molecule has 0 aliphatic heterocycles. The highest BCUT2D eigenvalue weighted by Crippen LogP contribution is 2.54. The highest BCUT2D eigenvalue weighted by atomic mass is 15.1. The summed E-state index contributed by atoms with van der Waals surface area (Å²) in [4.78, 5) is 2.49. The average Bonchev–Trinajstić information content (AvgIpc) is 3.89. The summed E-state index contributed by atoms with van der Waals surface area (Å²) in [7, 11) is 0. The summed E-state index contributed by atoms with van der Waals surface area (Å²) >= 11 is 0. The molecule has 2 bridgehead atoms. The number of hydrogen-bond acceptors (Lipinski definition) is 1. The van der Waals surface area contributed by atoms with Crippen molar-refractivity contribution >= 4 is 27.8 Å². The number of anilines is 3. The van der Waals surface area contributed by atoms with Crippen molar-refractivity contribution in [3.8, 4) is 33.4 Å². The van der Waals surface area contributed by atoms with E-state index in [1.165, 1.54) is 97.9 Å². The van der Waals surface area contributed by atoms with E-state index in [0.717, 1.165) is 23.4 Å². The van der Waals surface area contributed by atoms with Gasteiger partial charge in [-0.15, -0.1) is 0 Å². The largest absolute Gasteiger partial charge is 0.310 e. The molecule has 0 heterocycles. The Bertz CT molecular complexity index is 2450. The van der Waals surface area contributed by atoms with Gasteiger partial charge in [-0.05, 0) is 141 Å². The van der Waals surface area contributed by atoms with Crippen LogP contribution in [-0.4, -0.2) is 0 Å². The molecule has 7 aromatic rings. The quantitative estimate of drug-likeness (QED) is 0.170. The maximum Gasteiger partial charge on any atom is 0.0546 e. The summed E-state index contributed by atoms with van der Waals surface area (Å²) in [6.45, 7) is 7.01. The van der Waals surface area contributed by atoms with Gasteiger partial charge in [0.25, 0.3) is 0 Å². The molecule has 254 valence electrons. The van der Waals surface area contributed by atoms with Crippen molar-refractivity contribution in [2.75, 3.05) is 4.90 Å². The van der Waals surface area contributed by atoms with Crippen LogP contribution < -0.4 is 4.90 Å². The molecule has 0 radical (unpaired) electrons. The second-order valence-electron chi connectivity index (χ2n) is 16.2. The number of rotatable bonds is 6. The summed E-state index contributed by atoms with van der Waals surface area (Å²) in [6, 6.07) is 57.1. The predicted octanol–water partition coefficient (Wildman–Crippen LogP) is 14.2. The minimum absolute atomic E-state index is 0.0991. The molecular formula is C51H45N. The van der Waals surface area contributed by atoms with Gasteiger partial charge < -0.3 is 4.90 Å². The monoisotopic (exact) mass is 671 g/mol. The van der Waals surface area contributed by atoms with Crippen LogP contribution in [0.15, 0.2) is 152 Å². The lowest BCUT2D eigenvalue weighted by Gasteiger charge is -2.30. The zero-order chi connectivity index (χ0) is 35.0. The van der Waals surface area contributed by atoms with Crippen molar-refractivity contribution in [1.82, 2.24) is 0 Å². The number of aryl methyl sites for hydroxylation is 1. The van der Waals surface area contributed by atoms with Crippen molar-refractivity contribution in [3.05, 3.63) is 174 Å². The van der Waals surface area contributed by atoms with Crippen molar-refractivity contribution in [2.24, 2.45) is 11.8 Å². The van der Waals surface area contributed by atoms with E-state index in [-0.39, 0.29) is 5.41 Å². The Labute approximate surface area is 308 Å². The molecule has 52 heavy (non-hydrogen) atoms. The highest BCUT2D eigenvalue weighted by Gasteiger charge is 2.40. The van der Waals surface area contributed by atoms with E-state index in [1.807, 2.05) is 0 Å². The first-order valence-corrected chi connectivity index (χ1v) is 19.3. The normalized spacial score (nSPS) is 19.5. The fourth-order valence-electron chi connectivity index (χ4n) is 10.2. The maximum absolute atomic E-state index is 2.49. The van der Waals surface area contributed by atoms with Crippen LogP contribution in [0.1, 0.15) is 67.7 Å². The lowest BCUT2D eigenvalue weighted by atomic mass is 9.82. The molecule has 3 atom stereocenters. The van der Waals surface area contributed by atoms with Crippen LogP contribution in [0.2, 0.25) is 0 Å². The van der Waals surface area contributed by atoms with Crippen LogP contribution in [0.5, 0.6) is 0 Å². The number of benzene rings is 7. The first-order chi connectivity index (χ1) is 25.4. The Hall–Kier alpha value is -5.40. The molecular weight excluding hydrogens is 627 g/mol. The molecule has 2 fully saturated rings. The Morgan fingerprint density at radius 3 is 1.94 bits per heavy atom. The summed E-state index contributed by atoms with van der Waals surface area (Å²) in [5.41, 5.74) is 16.8. The fourth-order valence-corrected chi connectivity index (χ4v) is 10.2. The van der Waals surface area contributed by atoms with E-state index in [1.54, 1.807) is 5.56 Å². The minimum Gasteiger partial charge on any atom is -0.310 e. The van der Waals surface area contributed by atoms with Gasteiger partial charge in [-0.25, -0.2) is 0 Å². The minimum atomic E-state index is -0.0991. The van der Waals surface area contributed by atoms with Gasteiger partial charge in [0.15, 0.2) is 0 Å². The van der Waals surface area contributed by atoms with Gasteiger partial charge >= 0.3 is 0 Å². The van der Waals surface area contributed by atoms with Gasteiger partial charge in [0.05, 0.1) is 5.69 Å². The van der Waals surface area contributed by atoms with Gasteiger partial charge in [0.2, 0.25) is 0 Å². The maximum atomic E-state index is 2.49. The molecule has 3 aliphatic rings. The van der Waals surface area contributed by atoms with Crippen LogP contribution in [0, 0.1) is 18.8 Å². The summed E-state index contributed by atoms with van der Waals surface area (Å²) in [5, 5.41) is 2.48. The second-order valence-corrected chi connectivity index (χ2v) is 16.2. The third kappa shape index (κ3) is 5.05.